The summed E-state index contributed by atoms with van der Waals surface area (Å²) in [5, 5.41) is 2.47. The molecule has 1 amide bonds. The lowest BCUT2D eigenvalue weighted by molar-refractivity contribution is -0.117. The molecule has 0 fully saturated rings. The van der Waals surface area contributed by atoms with Crippen molar-refractivity contribution in [3.05, 3.63) is 29.3 Å². The lowest BCUT2D eigenvalue weighted by Crippen LogP contribution is -2.13. The molecule has 0 aromatic heterocycles. The molecule has 0 radical (unpaired) electrons. The van der Waals surface area contributed by atoms with Gasteiger partial charge in [0.2, 0.25) is 0 Å². The van der Waals surface area contributed by atoms with Crippen LogP contribution in [0, 0.1) is 13.8 Å². The zero-order valence-electron chi connectivity index (χ0n) is 7.73. The van der Waals surface area contributed by atoms with Crippen LogP contribution < -0.4 is 5.32 Å². The third kappa shape index (κ3) is 2.54. The van der Waals surface area contributed by atoms with Crippen molar-refractivity contribution >= 4 is 11.6 Å². The van der Waals surface area contributed by atoms with Gasteiger partial charge in [-0.3, -0.25) is 4.79 Å². The van der Waals surface area contributed by atoms with Crippen molar-refractivity contribution in [2.75, 3.05) is 12.0 Å². The number of amides is 1. The van der Waals surface area contributed by atoms with Crippen molar-refractivity contribution in [2.45, 2.75) is 13.8 Å². The Kier molecular flexibility index (Phi) is 3.01. The molecule has 0 spiro atoms. The fraction of sp³-hybridized carbons (Fsp3) is 0.300. The first-order valence-electron chi connectivity index (χ1n) is 4.06. The summed E-state index contributed by atoms with van der Waals surface area (Å²) < 4.78 is 11.9. The Morgan fingerprint density at radius 2 is 2.15 bits per heavy atom. The van der Waals surface area contributed by atoms with Gasteiger partial charge in [0.25, 0.3) is 5.91 Å². The molecule has 0 aliphatic carbocycles. The fourth-order valence-electron chi connectivity index (χ4n) is 1.14. The molecule has 1 aromatic carbocycles. The quantitative estimate of drug-likeness (QED) is 0.744. The highest BCUT2D eigenvalue weighted by atomic mass is 19.1. The molecule has 1 aromatic rings. The molecule has 2 nitrogen and oxygen atoms in total. The Bertz CT molecular complexity index is 323. The first-order valence-corrected chi connectivity index (χ1v) is 4.06. The molecule has 0 unspecified atom stereocenters. The van der Waals surface area contributed by atoms with Crippen LogP contribution in [0.25, 0.3) is 0 Å². The third-order valence-electron chi connectivity index (χ3n) is 1.78. The lowest BCUT2D eigenvalue weighted by Gasteiger charge is -2.06. The average Bonchev–Trinajstić information content (AvgIpc) is 2.09. The molecule has 0 aliphatic rings. The van der Waals surface area contributed by atoms with Crippen LogP contribution in [0.4, 0.5) is 10.1 Å². The minimum Gasteiger partial charge on any atom is -0.324 e. The predicted octanol–water partition coefficient (Wildman–Crippen LogP) is 2.21. The van der Waals surface area contributed by atoms with Crippen molar-refractivity contribution < 1.29 is 9.18 Å². The number of nitrogens with one attached hydrogen (secondary N) is 1. The van der Waals surface area contributed by atoms with Crippen molar-refractivity contribution in [3.63, 3.8) is 0 Å². The highest BCUT2D eigenvalue weighted by Crippen LogP contribution is 2.15. The van der Waals surface area contributed by atoms with Gasteiger partial charge in [-0.25, -0.2) is 4.39 Å². The molecule has 0 atom stereocenters. The molecule has 0 aliphatic heterocycles. The topological polar surface area (TPSA) is 29.1 Å². The Labute approximate surface area is 76.8 Å². The van der Waals surface area contributed by atoms with Crippen LogP contribution in [0.5, 0.6) is 0 Å². The Morgan fingerprint density at radius 3 is 2.69 bits per heavy atom. The van der Waals surface area contributed by atoms with Crippen molar-refractivity contribution in [2.24, 2.45) is 0 Å². The summed E-state index contributed by atoms with van der Waals surface area (Å²) in [6.07, 6.45) is 0. The second kappa shape index (κ2) is 4.03. The number of benzene rings is 1. The molecule has 0 bridgehead atoms. The van der Waals surface area contributed by atoms with Gasteiger partial charge in [-0.05, 0) is 25.5 Å². The summed E-state index contributed by atoms with van der Waals surface area (Å²) in [6.45, 7) is 2.86. The Hall–Kier alpha value is -1.38. The third-order valence-corrected chi connectivity index (χ3v) is 1.78. The smallest absolute Gasteiger partial charge is 0.255 e. The molecule has 0 saturated heterocycles. The maximum atomic E-state index is 11.9. The zero-order chi connectivity index (χ0) is 9.84. The highest BCUT2D eigenvalue weighted by Gasteiger charge is 2.02. The van der Waals surface area contributed by atoms with Gasteiger partial charge in [-0.1, -0.05) is 17.7 Å². The van der Waals surface area contributed by atoms with E-state index in [9.17, 15) is 9.18 Å². The van der Waals surface area contributed by atoms with Crippen LogP contribution >= 0.6 is 0 Å². The van der Waals surface area contributed by atoms with Gasteiger partial charge >= 0.3 is 0 Å². The maximum absolute atomic E-state index is 11.9. The molecule has 13 heavy (non-hydrogen) atoms. The van der Waals surface area contributed by atoms with Crippen molar-refractivity contribution in [1.29, 1.82) is 0 Å². The van der Waals surface area contributed by atoms with Gasteiger partial charge < -0.3 is 5.32 Å². The number of anilines is 1. The van der Waals surface area contributed by atoms with E-state index >= 15 is 0 Å². The van der Waals surface area contributed by atoms with E-state index in [2.05, 4.69) is 5.32 Å². The largest absolute Gasteiger partial charge is 0.324 e. The van der Waals surface area contributed by atoms with Gasteiger partial charge in [-0.2, -0.15) is 0 Å². The predicted molar refractivity (Wildman–Crippen MR) is 50.5 cm³/mol. The van der Waals surface area contributed by atoms with Crippen LogP contribution in [-0.4, -0.2) is 12.6 Å². The number of aryl methyl sites for hydroxylation is 2. The fourth-order valence-corrected chi connectivity index (χ4v) is 1.14. The number of rotatable bonds is 2. The summed E-state index contributed by atoms with van der Waals surface area (Å²) in [5.74, 6) is -0.605. The van der Waals surface area contributed by atoms with E-state index in [1.807, 2.05) is 26.0 Å². The molecular formula is C10H12FNO. The van der Waals surface area contributed by atoms with Crippen molar-refractivity contribution in [1.82, 2.24) is 0 Å². The van der Waals surface area contributed by atoms with E-state index in [-0.39, 0.29) is 0 Å². The zero-order valence-corrected chi connectivity index (χ0v) is 7.73. The standard InChI is InChI=1S/C10H12FNO/c1-7-3-4-9(8(2)5-7)12-10(13)6-11/h3-5H,6H2,1-2H3,(H,12,13). The van der Waals surface area contributed by atoms with Gasteiger partial charge in [-0.15, -0.1) is 0 Å². The first-order chi connectivity index (χ1) is 6.13. The number of hydrogen-bond donors (Lipinski definition) is 1. The Morgan fingerprint density at radius 1 is 1.46 bits per heavy atom. The number of carbonyl (C=O) groups is 1. The van der Waals surface area contributed by atoms with Crippen LogP contribution in [0.15, 0.2) is 18.2 Å². The maximum Gasteiger partial charge on any atom is 0.255 e. The molecule has 0 saturated carbocycles. The van der Waals surface area contributed by atoms with E-state index in [1.165, 1.54) is 0 Å². The van der Waals surface area contributed by atoms with Crippen LogP contribution in [0.1, 0.15) is 11.1 Å². The van der Waals surface area contributed by atoms with E-state index in [0.717, 1.165) is 11.1 Å². The van der Waals surface area contributed by atoms with E-state index in [0.29, 0.717) is 5.69 Å². The Balaban J connectivity index is 2.83. The molecule has 3 heteroatoms. The van der Waals surface area contributed by atoms with Gasteiger partial charge in [0.05, 0.1) is 0 Å². The van der Waals surface area contributed by atoms with Gasteiger partial charge in [0, 0.05) is 5.69 Å². The normalized spacial score (nSPS) is 9.77. The average molecular weight is 181 g/mol. The minimum atomic E-state index is -0.979. The van der Waals surface area contributed by atoms with Gasteiger partial charge in [0.15, 0.2) is 6.67 Å². The SMILES string of the molecule is Cc1ccc(NC(=O)CF)c(C)c1. The first kappa shape index (κ1) is 9.71. The molecular weight excluding hydrogens is 169 g/mol. The summed E-state index contributed by atoms with van der Waals surface area (Å²) in [5.41, 5.74) is 2.74. The van der Waals surface area contributed by atoms with E-state index < -0.39 is 12.6 Å². The summed E-state index contributed by atoms with van der Waals surface area (Å²) in [4.78, 5) is 10.7. The monoisotopic (exact) mass is 181 g/mol. The summed E-state index contributed by atoms with van der Waals surface area (Å²) in [6, 6.07) is 5.59. The van der Waals surface area contributed by atoms with Crippen LogP contribution in [0.3, 0.4) is 0 Å². The highest BCUT2D eigenvalue weighted by molar-refractivity contribution is 5.92. The molecule has 1 N–H and O–H groups in total. The van der Waals surface area contributed by atoms with E-state index in [4.69, 9.17) is 0 Å². The summed E-state index contributed by atoms with van der Waals surface area (Å²) >= 11 is 0. The van der Waals surface area contributed by atoms with Gasteiger partial charge in [0.1, 0.15) is 0 Å². The van der Waals surface area contributed by atoms with Crippen LogP contribution in [0.2, 0.25) is 0 Å². The number of alkyl halides is 1. The lowest BCUT2D eigenvalue weighted by atomic mass is 10.1. The minimum absolute atomic E-state index is 0.605. The molecule has 1 rings (SSSR count). The number of carbonyl (C=O) groups excluding carboxylic acids is 1. The molecule has 70 valence electrons. The number of hydrogen-bond acceptors (Lipinski definition) is 1. The van der Waals surface area contributed by atoms with E-state index in [1.54, 1.807) is 6.07 Å². The second-order valence-electron chi connectivity index (χ2n) is 3.00. The second-order valence-corrected chi connectivity index (χ2v) is 3.00. The van der Waals surface area contributed by atoms with Crippen LogP contribution in [-0.2, 0) is 4.79 Å². The molecule has 0 heterocycles. The summed E-state index contributed by atoms with van der Waals surface area (Å²) in [7, 11) is 0. The number of halogens is 1. The van der Waals surface area contributed by atoms with Crippen molar-refractivity contribution in [3.8, 4) is 0 Å².